The van der Waals surface area contributed by atoms with Gasteiger partial charge in [0.1, 0.15) is 8.07 Å². The van der Waals surface area contributed by atoms with Gasteiger partial charge in [0.25, 0.3) is 0 Å². The largest absolute Gasteiger partial charge is 0.106 e. The Kier molecular flexibility index (Phi) is 1.60. The highest BCUT2D eigenvalue weighted by atomic mass is 32.2. The monoisotopic (exact) mass is 242 g/mol. The van der Waals surface area contributed by atoms with Crippen molar-refractivity contribution in [3.63, 3.8) is 0 Å². The van der Waals surface area contributed by atoms with Crippen molar-refractivity contribution in [1.82, 2.24) is 0 Å². The summed E-state index contributed by atoms with van der Waals surface area (Å²) in [4.78, 5) is 3.23. The molecular formula is C14H14SSi. The second-order valence-corrected chi connectivity index (χ2v) is 10.9. The highest BCUT2D eigenvalue weighted by Gasteiger charge is 2.56. The van der Waals surface area contributed by atoms with E-state index < -0.39 is 8.07 Å². The lowest BCUT2D eigenvalue weighted by Crippen LogP contribution is -2.48. The van der Waals surface area contributed by atoms with Crippen molar-refractivity contribution >= 4 is 19.8 Å². The van der Waals surface area contributed by atoms with E-state index in [9.17, 15) is 0 Å². The molecule has 1 atom stereocenters. The minimum atomic E-state index is -1.20. The molecule has 2 aliphatic carbocycles. The van der Waals surface area contributed by atoms with Crippen molar-refractivity contribution in [3.8, 4) is 0 Å². The molecule has 2 aliphatic heterocycles. The van der Waals surface area contributed by atoms with Gasteiger partial charge < -0.3 is 0 Å². The molecule has 80 valence electrons. The predicted octanol–water partition coefficient (Wildman–Crippen LogP) is 4.11. The Balaban J connectivity index is 1.87. The predicted molar refractivity (Wildman–Crippen MR) is 73.6 cm³/mol. The quantitative estimate of drug-likeness (QED) is 0.623. The lowest BCUT2D eigenvalue weighted by molar-refractivity contribution is 0.930. The molecular weight excluding hydrogens is 228 g/mol. The molecule has 0 nitrogen and oxygen atoms in total. The van der Waals surface area contributed by atoms with E-state index in [0.717, 1.165) is 12.3 Å². The maximum absolute atomic E-state index is 2.51. The van der Waals surface area contributed by atoms with Crippen LogP contribution in [0.1, 0.15) is 6.42 Å². The zero-order valence-corrected chi connectivity index (χ0v) is 11.4. The summed E-state index contributed by atoms with van der Waals surface area (Å²) >= 11 is 2.05. The van der Waals surface area contributed by atoms with Crippen LogP contribution >= 0.6 is 11.8 Å². The number of hydrogen-bond acceptors (Lipinski definition) is 1. The normalized spacial score (nSPS) is 32.4. The Bertz CT molecular complexity index is 555. The van der Waals surface area contributed by atoms with Crippen LogP contribution in [-0.4, -0.2) is 8.07 Å². The molecule has 4 aliphatic rings. The zero-order valence-electron chi connectivity index (χ0n) is 9.58. The van der Waals surface area contributed by atoms with Gasteiger partial charge in [-0.25, -0.2) is 0 Å². The van der Waals surface area contributed by atoms with Gasteiger partial charge in [0.05, 0.1) is 0 Å². The molecule has 16 heavy (non-hydrogen) atoms. The minimum Gasteiger partial charge on any atom is -0.0937 e. The molecule has 1 saturated heterocycles. The first-order chi connectivity index (χ1) is 7.69. The van der Waals surface area contributed by atoms with Gasteiger partial charge in [0.2, 0.25) is 0 Å². The minimum absolute atomic E-state index is 0.739. The van der Waals surface area contributed by atoms with Gasteiger partial charge in [-0.1, -0.05) is 65.6 Å². The summed E-state index contributed by atoms with van der Waals surface area (Å²) in [7, 11) is -1.20. The highest BCUT2D eigenvalue weighted by molar-refractivity contribution is 8.07. The van der Waals surface area contributed by atoms with Crippen LogP contribution in [0.25, 0.3) is 0 Å². The van der Waals surface area contributed by atoms with Gasteiger partial charge in [-0.3, -0.25) is 0 Å². The zero-order chi connectivity index (χ0) is 10.9. The Morgan fingerprint density at radius 1 is 1.25 bits per heavy atom. The molecule has 0 spiro atoms. The summed E-state index contributed by atoms with van der Waals surface area (Å²) in [6.45, 7) is 5.02. The molecule has 1 fully saturated rings. The number of thioether (sulfide) groups is 1. The van der Waals surface area contributed by atoms with Gasteiger partial charge in [0, 0.05) is 15.7 Å². The molecule has 4 rings (SSSR count). The first kappa shape index (κ1) is 9.31. The van der Waals surface area contributed by atoms with Gasteiger partial charge in [0.15, 0.2) is 0 Å². The molecule has 0 saturated carbocycles. The van der Waals surface area contributed by atoms with E-state index in [4.69, 9.17) is 0 Å². The smallest absolute Gasteiger partial charge is 0.0937 e. The van der Waals surface area contributed by atoms with Crippen molar-refractivity contribution < 1.29 is 0 Å². The van der Waals surface area contributed by atoms with Crippen molar-refractivity contribution in [2.75, 3.05) is 0 Å². The van der Waals surface area contributed by atoms with Gasteiger partial charge in [-0.15, -0.1) is 0 Å². The molecule has 0 bridgehead atoms. The molecule has 0 aromatic carbocycles. The van der Waals surface area contributed by atoms with Crippen molar-refractivity contribution in [1.29, 1.82) is 0 Å². The maximum Gasteiger partial charge on any atom is 0.106 e. The fourth-order valence-electron chi connectivity index (χ4n) is 3.36. The standard InChI is InChI=1S/C14H14SSi/c1-16(2)11-8-7-10-12(11)14(16)13(15-10)9-5-3-4-6-9/h3-5,7-8,12H,6H2,1-2H3. The summed E-state index contributed by atoms with van der Waals surface area (Å²) in [6, 6.07) is 0. The van der Waals surface area contributed by atoms with Gasteiger partial charge in [-0.2, -0.15) is 0 Å². The lowest BCUT2D eigenvalue weighted by atomic mass is 10.1. The second kappa shape index (κ2) is 2.74. The van der Waals surface area contributed by atoms with E-state index in [1.165, 1.54) is 0 Å². The van der Waals surface area contributed by atoms with Crippen LogP contribution in [0.3, 0.4) is 0 Å². The molecule has 1 unspecified atom stereocenters. The van der Waals surface area contributed by atoms with Crippen LogP contribution in [-0.2, 0) is 0 Å². The van der Waals surface area contributed by atoms with Gasteiger partial charge >= 0.3 is 0 Å². The van der Waals surface area contributed by atoms with Crippen molar-refractivity contribution in [3.05, 3.63) is 56.2 Å². The van der Waals surface area contributed by atoms with Crippen LogP contribution in [0.5, 0.6) is 0 Å². The molecule has 0 radical (unpaired) electrons. The number of allylic oxidation sites excluding steroid dienone is 9. The van der Waals surface area contributed by atoms with Crippen LogP contribution in [0.4, 0.5) is 0 Å². The number of rotatable bonds is 1. The van der Waals surface area contributed by atoms with Gasteiger partial charge in [-0.05, 0) is 12.0 Å². The Labute approximate surface area is 102 Å². The summed E-state index contributed by atoms with van der Waals surface area (Å²) in [5.74, 6) is 0.739. The second-order valence-electron chi connectivity index (χ2n) is 5.42. The van der Waals surface area contributed by atoms with E-state index >= 15 is 0 Å². The Hall–Kier alpha value is -0.733. The topological polar surface area (TPSA) is 0 Å². The fraction of sp³-hybridized carbons (Fsp3) is 0.286. The Morgan fingerprint density at radius 3 is 2.88 bits per heavy atom. The molecule has 2 heterocycles. The molecule has 0 amide bonds. The van der Waals surface area contributed by atoms with E-state index in [1.54, 1.807) is 20.6 Å². The summed E-state index contributed by atoms with van der Waals surface area (Å²) in [5, 5.41) is 3.59. The van der Waals surface area contributed by atoms with Crippen LogP contribution in [0.2, 0.25) is 13.1 Å². The summed E-state index contributed by atoms with van der Waals surface area (Å²) in [5.41, 5.74) is 1.56. The van der Waals surface area contributed by atoms with E-state index in [2.05, 4.69) is 43.5 Å². The Morgan fingerprint density at radius 2 is 2.12 bits per heavy atom. The third kappa shape index (κ3) is 0.894. The molecule has 0 N–H and O–H groups in total. The first-order valence-corrected chi connectivity index (χ1v) is 9.72. The lowest BCUT2D eigenvalue weighted by Gasteiger charge is -2.44. The molecule has 2 heteroatoms. The molecule has 0 aromatic rings. The molecule has 0 aromatic heterocycles. The van der Waals surface area contributed by atoms with Crippen molar-refractivity contribution in [2.24, 2.45) is 5.92 Å². The third-order valence-corrected chi connectivity index (χ3v) is 9.49. The average molecular weight is 242 g/mol. The fourth-order valence-corrected chi connectivity index (χ4v) is 9.10. The average Bonchev–Trinajstić information content (AvgIpc) is 2.89. The van der Waals surface area contributed by atoms with Crippen molar-refractivity contribution in [2.45, 2.75) is 19.5 Å². The van der Waals surface area contributed by atoms with Crippen LogP contribution < -0.4 is 0 Å². The summed E-state index contributed by atoms with van der Waals surface area (Å²) in [6.07, 6.45) is 12.7. The highest BCUT2D eigenvalue weighted by Crippen LogP contribution is 2.65. The first-order valence-electron chi connectivity index (χ1n) is 5.90. The van der Waals surface area contributed by atoms with E-state index in [0.29, 0.717) is 0 Å². The van der Waals surface area contributed by atoms with Crippen LogP contribution in [0, 0.1) is 5.92 Å². The van der Waals surface area contributed by atoms with E-state index in [-0.39, 0.29) is 0 Å². The SMILES string of the molecule is C[Si]1(C)C2=CC=C3SC(C4=CC=CC4)=C1C32. The third-order valence-electron chi connectivity index (χ3n) is 4.23. The van der Waals surface area contributed by atoms with E-state index in [1.807, 2.05) is 17.0 Å². The number of hydrogen-bond donors (Lipinski definition) is 0. The maximum atomic E-state index is 2.51. The summed E-state index contributed by atoms with van der Waals surface area (Å²) < 4.78 is 0. The van der Waals surface area contributed by atoms with Crippen LogP contribution in [0.15, 0.2) is 56.2 Å².